The van der Waals surface area contributed by atoms with Gasteiger partial charge in [-0.3, -0.25) is 14.5 Å². The molecule has 1 aliphatic carbocycles. The Morgan fingerprint density at radius 3 is 1.72 bits per heavy atom. The van der Waals surface area contributed by atoms with Crippen molar-refractivity contribution in [2.75, 3.05) is 18.9 Å². The Kier molecular flexibility index (Phi) is 9.72. The third-order valence-corrected chi connectivity index (χ3v) is 11.4. The molecule has 0 radical (unpaired) electrons. The SMILES string of the molecule is NC(=O)C(CSC(c1ccccc1)(c1ccccc1)c1ccccc1)NC(=O)C1CCCN1C(=O)OCC1c2ccccc2-c2ccccc21. The minimum atomic E-state index is -0.979. The summed E-state index contributed by atoms with van der Waals surface area (Å²) in [5.74, 6) is -0.932. The number of benzene rings is 5. The van der Waals surface area contributed by atoms with Crippen molar-refractivity contribution in [3.05, 3.63) is 167 Å². The van der Waals surface area contributed by atoms with E-state index < -0.39 is 34.7 Å². The van der Waals surface area contributed by atoms with Gasteiger partial charge in [-0.25, -0.2) is 4.79 Å². The lowest BCUT2D eigenvalue weighted by Gasteiger charge is -2.36. The van der Waals surface area contributed by atoms with Crippen molar-refractivity contribution in [3.63, 3.8) is 0 Å². The molecule has 2 unspecified atom stereocenters. The number of amides is 3. The van der Waals surface area contributed by atoms with Crippen LogP contribution in [0.15, 0.2) is 140 Å². The van der Waals surface area contributed by atoms with Crippen LogP contribution < -0.4 is 11.1 Å². The first-order valence-corrected chi connectivity index (χ1v) is 18.0. The molecular weight excluding hydrogens is 643 g/mol. The Balaban J connectivity index is 1.07. The number of hydrogen-bond acceptors (Lipinski definition) is 5. The topological polar surface area (TPSA) is 102 Å². The zero-order valence-corrected chi connectivity index (χ0v) is 28.4. The summed E-state index contributed by atoms with van der Waals surface area (Å²) in [7, 11) is 0. The summed E-state index contributed by atoms with van der Waals surface area (Å²) >= 11 is 1.55. The zero-order valence-electron chi connectivity index (χ0n) is 27.6. The maximum absolute atomic E-state index is 13.8. The molecule has 5 aromatic rings. The lowest BCUT2D eigenvalue weighted by molar-refractivity contribution is -0.129. The first-order valence-electron chi connectivity index (χ1n) is 17.0. The van der Waals surface area contributed by atoms with E-state index >= 15 is 0 Å². The highest BCUT2D eigenvalue weighted by Crippen LogP contribution is 2.49. The van der Waals surface area contributed by atoms with E-state index in [1.165, 1.54) is 4.90 Å². The number of likely N-dealkylation sites (tertiary alicyclic amines) is 1. The molecule has 2 atom stereocenters. The van der Waals surface area contributed by atoms with Crippen LogP contribution in [0.1, 0.15) is 46.6 Å². The molecule has 5 aromatic carbocycles. The fraction of sp³-hybridized carbons (Fsp3) is 0.214. The van der Waals surface area contributed by atoms with Gasteiger partial charge in [0.25, 0.3) is 0 Å². The lowest BCUT2D eigenvalue weighted by atomic mass is 9.84. The first-order chi connectivity index (χ1) is 24.5. The third kappa shape index (κ3) is 6.39. The van der Waals surface area contributed by atoms with Crippen LogP contribution in [-0.4, -0.2) is 53.8 Å². The standard InChI is InChI=1S/C42H39N3O4S/c43-39(46)37(28-50-42(29-15-4-1-5-16-29,30-17-6-2-7-18-30)31-19-8-3-9-20-31)44-40(47)38-25-14-26-45(38)41(48)49-27-36-34-23-12-10-21-32(34)33-22-11-13-24-35(33)36/h1-13,15-24,36-38H,14,25-28H2,(H2,43,46)(H,44,47). The quantitative estimate of drug-likeness (QED) is 0.145. The van der Waals surface area contributed by atoms with Crippen LogP contribution in [0.2, 0.25) is 0 Å². The number of fused-ring (bicyclic) bond motifs is 3. The number of rotatable bonds is 11. The van der Waals surface area contributed by atoms with Crippen molar-refractivity contribution < 1.29 is 19.1 Å². The molecule has 50 heavy (non-hydrogen) atoms. The molecule has 2 aliphatic rings. The van der Waals surface area contributed by atoms with E-state index in [1.54, 1.807) is 11.8 Å². The molecular formula is C42H39N3O4S. The maximum Gasteiger partial charge on any atom is 0.410 e. The summed E-state index contributed by atoms with van der Waals surface area (Å²) in [6.45, 7) is 0.558. The molecule has 0 spiro atoms. The van der Waals surface area contributed by atoms with Gasteiger partial charge in [0.05, 0.1) is 4.75 Å². The van der Waals surface area contributed by atoms with E-state index in [4.69, 9.17) is 10.5 Å². The first kappa shape index (κ1) is 33.2. The molecule has 252 valence electrons. The van der Waals surface area contributed by atoms with Crippen LogP contribution in [0.3, 0.4) is 0 Å². The van der Waals surface area contributed by atoms with E-state index in [0.717, 1.165) is 38.9 Å². The smallest absolute Gasteiger partial charge is 0.410 e. The number of nitrogens with zero attached hydrogens (tertiary/aromatic N) is 1. The van der Waals surface area contributed by atoms with Gasteiger partial charge >= 0.3 is 6.09 Å². The van der Waals surface area contributed by atoms with Gasteiger partial charge in [-0.05, 0) is 51.8 Å². The van der Waals surface area contributed by atoms with Crippen LogP contribution in [0.5, 0.6) is 0 Å². The van der Waals surface area contributed by atoms with Crippen molar-refractivity contribution in [1.82, 2.24) is 10.2 Å². The minimum Gasteiger partial charge on any atom is -0.448 e. The average Bonchev–Trinajstić information content (AvgIpc) is 3.79. The Bertz CT molecular complexity index is 1830. The van der Waals surface area contributed by atoms with E-state index in [2.05, 4.69) is 66.0 Å². The Labute approximate surface area is 296 Å². The normalized spacial score (nSPS) is 15.9. The number of thioether (sulfide) groups is 1. The Morgan fingerprint density at radius 1 is 0.740 bits per heavy atom. The van der Waals surface area contributed by atoms with Gasteiger partial charge in [-0.2, -0.15) is 0 Å². The predicted molar refractivity (Wildman–Crippen MR) is 198 cm³/mol. The molecule has 1 aliphatic heterocycles. The van der Waals surface area contributed by atoms with Crippen molar-refractivity contribution in [1.29, 1.82) is 0 Å². The number of carbonyl (C=O) groups is 3. The molecule has 0 aromatic heterocycles. The van der Waals surface area contributed by atoms with Gasteiger partial charge in [-0.15, -0.1) is 11.8 Å². The van der Waals surface area contributed by atoms with Gasteiger partial charge in [0.15, 0.2) is 0 Å². The van der Waals surface area contributed by atoms with E-state index in [0.29, 0.717) is 19.4 Å². The van der Waals surface area contributed by atoms with Crippen LogP contribution in [0.4, 0.5) is 4.79 Å². The second kappa shape index (κ2) is 14.6. The summed E-state index contributed by atoms with van der Waals surface area (Å²) in [5, 5.41) is 2.91. The molecule has 1 saturated heterocycles. The van der Waals surface area contributed by atoms with Gasteiger partial charge in [-0.1, -0.05) is 140 Å². The number of nitrogens with two attached hydrogens (primary N) is 1. The van der Waals surface area contributed by atoms with Gasteiger partial charge in [0, 0.05) is 18.2 Å². The largest absolute Gasteiger partial charge is 0.448 e. The van der Waals surface area contributed by atoms with E-state index in [9.17, 15) is 14.4 Å². The monoisotopic (exact) mass is 681 g/mol. The number of nitrogens with one attached hydrogen (secondary N) is 1. The van der Waals surface area contributed by atoms with Crippen molar-refractivity contribution in [2.45, 2.75) is 35.6 Å². The lowest BCUT2D eigenvalue weighted by Crippen LogP contribution is -2.53. The van der Waals surface area contributed by atoms with Crippen LogP contribution in [0.25, 0.3) is 11.1 Å². The molecule has 7 rings (SSSR count). The maximum atomic E-state index is 13.8. The Hall–Kier alpha value is -5.34. The molecule has 1 fully saturated rings. The zero-order chi connectivity index (χ0) is 34.5. The second-order valence-corrected chi connectivity index (χ2v) is 13.9. The fourth-order valence-corrected chi connectivity index (χ4v) is 8.95. The molecule has 7 nitrogen and oxygen atoms in total. The molecule has 0 saturated carbocycles. The second-order valence-electron chi connectivity index (χ2n) is 12.7. The number of ether oxygens (including phenoxy) is 1. The van der Waals surface area contributed by atoms with E-state index in [1.807, 2.05) is 78.9 Å². The summed E-state index contributed by atoms with van der Waals surface area (Å²) in [4.78, 5) is 41.7. The van der Waals surface area contributed by atoms with Crippen molar-refractivity contribution >= 4 is 29.7 Å². The average molecular weight is 682 g/mol. The molecule has 8 heteroatoms. The van der Waals surface area contributed by atoms with E-state index in [-0.39, 0.29) is 18.3 Å². The molecule has 3 amide bonds. The minimum absolute atomic E-state index is 0.0865. The van der Waals surface area contributed by atoms with Gasteiger partial charge < -0.3 is 15.8 Å². The molecule has 3 N–H and O–H groups in total. The number of hydrogen-bond donors (Lipinski definition) is 2. The third-order valence-electron chi connectivity index (χ3n) is 9.79. The summed E-state index contributed by atoms with van der Waals surface area (Å²) < 4.78 is 5.22. The van der Waals surface area contributed by atoms with Crippen LogP contribution >= 0.6 is 11.8 Å². The van der Waals surface area contributed by atoms with Crippen LogP contribution in [-0.2, 0) is 19.1 Å². The Morgan fingerprint density at radius 2 is 1.22 bits per heavy atom. The summed E-state index contributed by atoms with van der Waals surface area (Å²) in [6, 6.07) is 45.0. The molecule has 1 heterocycles. The van der Waals surface area contributed by atoms with Gasteiger partial charge in [0.1, 0.15) is 18.7 Å². The van der Waals surface area contributed by atoms with Crippen molar-refractivity contribution in [3.8, 4) is 11.1 Å². The summed E-state index contributed by atoms with van der Waals surface area (Å²) in [5.41, 5.74) is 13.6. The molecule has 0 bridgehead atoms. The number of carbonyl (C=O) groups excluding carboxylic acids is 3. The highest BCUT2D eigenvalue weighted by Gasteiger charge is 2.41. The predicted octanol–water partition coefficient (Wildman–Crippen LogP) is 7.10. The highest BCUT2D eigenvalue weighted by atomic mass is 32.2. The summed E-state index contributed by atoms with van der Waals surface area (Å²) in [6.07, 6.45) is 0.583. The van der Waals surface area contributed by atoms with Gasteiger partial charge in [0.2, 0.25) is 11.8 Å². The van der Waals surface area contributed by atoms with Crippen LogP contribution in [0, 0.1) is 0 Å². The highest BCUT2D eigenvalue weighted by molar-refractivity contribution is 8.00. The van der Waals surface area contributed by atoms with Crippen molar-refractivity contribution in [2.24, 2.45) is 5.73 Å². The number of primary amides is 1. The fourth-order valence-electron chi connectivity index (χ4n) is 7.37.